The molecule has 1 atom stereocenters. The minimum atomic E-state index is 0.0670. The lowest BCUT2D eigenvalue weighted by Gasteiger charge is -2.36. The fourth-order valence-electron chi connectivity index (χ4n) is 5.36. The van der Waals surface area contributed by atoms with Crippen LogP contribution in [0.5, 0.6) is 0 Å². The second-order valence-electron chi connectivity index (χ2n) is 9.83. The van der Waals surface area contributed by atoms with Crippen molar-refractivity contribution in [3.05, 3.63) is 90.0 Å². The van der Waals surface area contributed by atoms with E-state index < -0.39 is 0 Å². The number of hydrogen-bond donors (Lipinski definition) is 1. The van der Waals surface area contributed by atoms with Gasteiger partial charge in [0.25, 0.3) is 5.84 Å². The summed E-state index contributed by atoms with van der Waals surface area (Å²) in [6.45, 7) is 1.12. The van der Waals surface area contributed by atoms with Crippen LogP contribution in [0.1, 0.15) is 18.4 Å². The number of nitrogens with zero attached hydrogens (tertiary/aromatic N) is 5. The maximum Gasteiger partial charge on any atom is 0.264 e. The number of hydrogen-bond acceptors (Lipinski definition) is 5. The van der Waals surface area contributed by atoms with E-state index in [0.717, 1.165) is 64.3 Å². The van der Waals surface area contributed by atoms with Gasteiger partial charge in [-0.1, -0.05) is 42.5 Å². The molecule has 1 fully saturated rings. The smallest absolute Gasteiger partial charge is 0.264 e. The van der Waals surface area contributed by atoms with Crippen LogP contribution in [-0.2, 0) is 0 Å². The highest BCUT2D eigenvalue weighted by atomic mass is 15.6. The maximum atomic E-state index is 6.97. The summed E-state index contributed by atoms with van der Waals surface area (Å²) < 4.78 is 0.0670. The number of nitrogens with two attached hydrogens (primary N) is 1. The van der Waals surface area contributed by atoms with Crippen molar-refractivity contribution < 1.29 is 4.59 Å². The van der Waals surface area contributed by atoms with E-state index in [1.165, 1.54) is 0 Å². The molecule has 3 aliphatic rings. The lowest BCUT2D eigenvalue weighted by Crippen LogP contribution is -2.53. The van der Waals surface area contributed by atoms with Gasteiger partial charge in [-0.05, 0) is 51.1 Å². The summed E-state index contributed by atoms with van der Waals surface area (Å²) >= 11 is 0. The molecule has 6 heteroatoms. The molecule has 1 saturated carbocycles. The Morgan fingerprint density at radius 2 is 1.79 bits per heavy atom. The maximum absolute atomic E-state index is 6.97. The Bertz CT molecular complexity index is 1380. The van der Waals surface area contributed by atoms with E-state index in [2.05, 4.69) is 66.5 Å². The minimum Gasteiger partial charge on any atom is -0.309 e. The Labute approximate surface area is 200 Å². The largest absolute Gasteiger partial charge is 0.309 e. The average Bonchev–Trinajstić information content (AvgIpc) is 3.13. The number of pyridine rings is 1. The molecule has 2 aromatic carbocycles. The van der Waals surface area contributed by atoms with Crippen LogP contribution in [0.15, 0.2) is 94.4 Å². The summed E-state index contributed by atoms with van der Waals surface area (Å²) in [6.07, 6.45) is 7.87. The summed E-state index contributed by atoms with van der Waals surface area (Å²) in [5, 5.41) is 1.10. The van der Waals surface area contributed by atoms with Gasteiger partial charge in [-0.2, -0.15) is 10.8 Å². The van der Waals surface area contributed by atoms with Crippen LogP contribution in [0.3, 0.4) is 0 Å². The van der Waals surface area contributed by atoms with Crippen molar-refractivity contribution in [2.75, 3.05) is 20.6 Å². The zero-order valence-corrected chi connectivity index (χ0v) is 19.6. The molecule has 1 unspecified atom stereocenters. The standard InChI is InChI=1S/C28H29N6/c1-33(2)18-19-14-23(15-19)27-26-17-30-12-13-34(26,29)28(32-27)22-9-8-21-10-11-24(31-25(21)16-22)20-6-4-3-5-7-20/h3-13,16-17,19,23H,14-15,18,29H2,1-2H3/q+1. The Morgan fingerprint density at radius 3 is 2.59 bits per heavy atom. The highest BCUT2D eigenvalue weighted by Crippen LogP contribution is 2.45. The molecular formula is C28H29N6+. The fraction of sp³-hybridized carbons (Fsp3) is 0.250. The van der Waals surface area contributed by atoms with Crippen LogP contribution in [0, 0.1) is 11.8 Å². The van der Waals surface area contributed by atoms with Crippen molar-refractivity contribution in [1.29, 1.82) is 0 Å². The molecule has 3 aromatic rings. The number of fused-ring (bicyclic) bond motifs is 2. The first-order valence-electron chi connectivity index (χ1n) is 11.8. The number of benzene rings is 2. The van der Waals surface area contributed by atoms with Gasteiger partial charge in [0.05, 0.1) is 29.2 Å². The highest BCUT2D eigenvalue weighted by molar-refractivity contribution is 6.02. The van der Waals surface area contributed by atoms with E-state index in [4.69, 9.17) is 15.8 Å². The van der Waals surface area contributed by atoms with E-state index in [1.54, 1.807) is 6.20 Å². The van der Waals surface area contributed by atoms with E-state index in [-0.39, 0.29) is 4.59 Å². The average molecular weight is 450 g/mol. The number of aromatic nitrogens is 1. The van der Waals surface area contributed by atoms with E-state index in [9.17, 15) is 0 Å². The second-order valence-corrected chi connectivity index (χ2v) is 9.83. The molecule has 3 heterocycles. The summed E-state index contributed by atoms with van der Waals surface area (Å²) in [4.78, 5) is 16.8. The van der Waals surface area contributed by atoms with Crippen LogP contribution >= 0.6 is 0 Å². The van der Waals surface area contributed by atoms with Gasteiger partial charge in [-0.3, -0.25) is 4.99 Å². The third kappa shape index (κ3) is 3.51. The van der Waals surface area contributed by atoms with Gasteiger partial charge in [0, 0.05) is 23.4 Å². The summed E-state index contributed by atoms with van der Waals surface area (Å²) in [5.41, 5.74) is 6.07. The monoisotopic (exact) mass is 449 g/mol. The predicted molar refractivity (Wildman–Crippen MR) is 138 cm³/mol. The van der Waals surface area contributed by atoms with Crippen molar-refractivity contribution >= 4 is 23.0 Å². The lowest BCUT2D eigenvalue weighted by atomic mass is 9.72. The van der Waals surface area contributed by atoms with Crippen LogP contribution < -0.4 is 5.84 Å². The first-order chi connectivity index (χ1) is 16.5. The molecular weight excluding hydrogens is 420 g/mol. The SMILES string of the molecule is CN(C)CC1CC(C2=C3C=NC=C[N+]3(N)C(c3ccc4ccc(-c5ccccc5)nc4c3)=N2)C1. The van der Waals surface area contributed by atoms with Crippen molar-refractivity contribution in [1.82, 2.24) is 9.88 Å². The summed E-state index contributed by atoms with van der Waals surface area (Å²) in [5.74, 6) is 8.94. The molecule has 0 radical (unpaired) electrons. The third-order valence-corrected chi connectivity index (χ3v) is 7.09. The third-order valence-electron chi connectivity index (χ3n) is 7.09. The number of amidine groups is 1. The fourth-order valence-corrected chi connectivity index (χ4v) is 5.36. The topological polar surface area (TPSA) is 66.9 Å². The van der Waals surface area contributed by atoms with Gasteiger partial charge in [0.2, 0.25) is 5.70 Å². The number of allylic oxidation sites excluding steroid dienone is 2. The van der Waals surface area contributed by atoms with Crippen LogP contribution in [0.4, 0.5) is 0 Å². The van der Waals surface area contributed by atoms with Crippen molar-refractivity contribution in [2.45, 2.75) is 12.8 Å². The molecule has 6 rings (SSSR count). The van der Waals surface area contributed by atoms with Crippen LogP contribution in [-0.4, -0.2) is 47.2 Å². The van der Waals surface area contributed by atoms with Gasteiger partial charge in [-0.15, -0.1) is 4.59 Å². The molecule has 170 valence electrons. The molecule has 2 N–H and O–H groups in total. The quantitative estimate of drug-likeness (QED) is 0.453. The van der Waals surface area contributed by atoms with Crippen LogP contribution in [0.25, 0.3) is 22.2 Å². The van der Waals surface area contributed by atoms with Gasteiger partial charge in [0.1, 0.15) is 11.9 Å². The Hall–Kier alpha value is -3.45. The van der Waals surface area contributed by atoms with Crippen LogP contribution in [0.2, 0.25) is 0 Å². The van der Waals surface area contributed by atoms with E-state index in [0.29, 0.717) is 11.8 Å². The highest BCUT2D eigenvalue weighted by Gasteiger charge is 2.48. The Kier molecular flexibility index (Phi) is 5.03. The zero-order chi connectivity index (χ0) is 23.3. The molecule has 1 aromatic heterocycles. The van der Waals surface area contributed by atoms with Gasteiger partial charge in [0.15, 0.2) is 0 Å². The first kappa shape index (κ1) is 21.1. The molecule has 34 heavy (non-hydrogen) atoms. The molecule has 2 aliphatic heterocycles. The Balaban J connectivity index is 1.37. The van der Waals surface area contributed by atoms with Gasteiger partial charge >= 0.3 is 0 Å². The first-order valence-corrected chi connectivity index (χ1v) is 11.8. The van der Waals surface area contributed by atoms with Crippen molar-refractivity contribution in [2.24, 2.45) is 27.7 Å². The predicted octanol–water partition coefficient (Wildman–Crippen LogP) is 4.71. The zero-order valence-electron chi connectivity index (χ0n) is 19.6. The van der Waals surface area contributed by atoms with E-state index >= 15 is 0 Å². The summed E-state index contributed by atoms with van der Waals surface area (Å²) in [6, 6.07) is 20.8. The number of quaternary nitrogens is 1. The molecule has 0 bridgehead atoms. The molecule has 1 aliphatic carbocycles. The normalized spacial score (nSPS) is 25.6. The number of rotatable bonds is 5. The van der Waals surface area contributed by atoms with Gasteiger partial charge < -0.3 is 4.90 Å². The number of aliphatic imine (C=N–C) groups is 2. The van der Waals surface area contributed by atoms with Gasteiger partial charge in [-0.25, -0.2) is 4.98 Å². The van der Waals surface area contributed by atoms with E-state index in [1.807, 2.05) is 30.6 Å². The molecule has 0 saturated heterocycles. The van der Waals surface area contributed by atoms with Crippen molar-refractivity contribution in [3.63, 3.8) is 0 Å². The molecule has 0 amide bonds. The second kappa shape index (κ2) is 8.09. The Morgan fingerprint density at radius 1 is 1.00 bits per heavy atom. The summed E-state index contributed by atoms with van der Waals surface area (Å²) in [7, 11) is 4.27. The molecule has 6 nitrogen and oxygen atoms in total. The lowest BCUT2D eigenvalue weighted by molar-refractivity contribution is -0.750. The minimum absolute atomic E-state index is 0.0670. The van der Waals surface area contributed by atoms with Crippen molar-refractivity contribution in [3.8, 4) is 11.3 Å². The molecule has 0 spiro atoms.